The molecule has 3 aromatic carbocycles. The topological polar surface area (TPSA) is 145 Å². The number of nitrogens with one attached hydrogen (secondary N) is 2. The molecule has 0 unspecified atom stereocenters. The van der Waals surface area contributed by atoms with Crippen molar-refractivity contribution >= 4 is 32.5 Å². The first-order chi connectivity index (χ1) is 28.4. The maximum atomic E-state index is 15.7. The van der Waals surface area contributed by atoms with E-state index in [-0.39, 0.29) is 65.1 Å². The highest BCUT2D eigenvalue weighted by molar-refractivity contribution is 7.91. The third kappa shape index (κ3) is 8.72. The van der Waals surface area contributed by atoms with Crippen LogP contribution in [0, 0.1) is 42.6 Å². The maximum Gasteiger partial charge on any atom is 0.228 e. The number of carbonyl (C=O) groups excluding carboxylic acids is 1. The Balaban J connectivity index is 1.24. The lowest BCUT2D eigenvalue weighted by Gasteiger charge is -2.31. The van der Waals surface area contributed by atoms with Gasteiger partial charge >= 0.3 is 0 Å². The smallest absolute Gasteiger partial charge is 0.228 e. The molecule has 60 heavy (non-hydrogen) atoms. The lowest BCUT2D eigenvalue weighted by atomic mass is 9.75. The number of halogens is 3. The summed E-state index contributed by atoms with van der Waals surface area (Å²) in [6, 6.07) is 13.8. The van der Waals surface area contributed by atoms with Crippen LogP contribution in [0.25, 0.3) is 22.3 Å². The second kappa shape index (κ2) is 16.5. The van der Waals surface area contributed by atoms with Crippen LogP contribution in [0.15, 0.2) is 59.3 Å². The van der Waals surface area contributed by atoms with E-state index in [1.54, 1.807) is 20.0 Å². The van der Waals surface area contributed by atoms with Gasteiger partial charge in [-0.05, 0) is 98.4 Å². The molecule has 1 aliphatic heterocycles. The van der Waals surface area contributed by atoms with Crippen LogP contribution in [-0.4, -0.2) is 57.3 Å². The highest BCUT2D eigenvalue weighted by Crippen LogP contribution is 2.40. The summed E-state index contributed by atoms with van der Waals surface area (Å²) >= 11 is 0. The molecule has 0 saturated carbocycles. The Kier molecular flexibility index (Phi) is 11.8. The summed E-state index contributed by atoms with van der Waals surface area (Å²) in [5.41, 5.74) is 1.67. The van der Waals surface area contributed by atoms with E-state index in [1.807, 2.05) is 58.9 Å². The molecule has 0 saturated heterocycles. The molecule has 318 valence electrons. The normalized spacial score (nSPS) is 19.0. The van der Waals surface area contributed by atoms with Gasteiger partial charge in [0.15, 0.2) is 38.9 Å². The molecule has 4 bridgehead atoms. The molecule has 0 radical (unpaired) electrons. The number of rotatable bonds is 5. The van der Waals surface area contributed by atoms with Crippen molar-refractivity contribution in [3.8, 4) is 17.1 Å². The molecule has 1 amide bonds. The zero-order chi connectivity index (χ0) is 43.1. The van der Waals surface area contributed by atoms with E-state index >= 15 is 13.2 Å². The van der Waals surface area contributed by atoms with Crippen LogP contribution in [0.2, 0.25) is 0 Å². The zero-order valence-electron chi connectivity index (χ0n) is 35.0. The molecule has 0 fully saturated rings. The van der Waals surface area contributed by atoms with Gasteiger partial charge in [0.05, 0.1) is 34.6 Å². The summed E-state index contributed by atoms with van der Waals surface area (Å²) in [4.78, 5) is 20.9. The molecular formula is C45H51F3N6O5S. The van der Waals surface area contributed by atoms with Crippen molar-refractivity contribution in [3.05, 3.63) is 112 Å². The zero-order valence-corrected chi connectivity index (χ0v) is 35.8. The van der Waals surface area contributed by atoms with Crippen molar-refractivity contribution in [3.63, 3.8) is 0 Å². The number of benzene rings is 3. The molecule has 1 aliphatic rings. The summed E-state index contributed by atoms with van der Waals surface area (Å²) < 4.78 is 86.9. The van der Waals surface area contributed by atoms with E-state index in [2.05, 4.69) is 15.5 Å². The first-order valence-corrected chi connectivity index (χ1v) is 22.0. The Hall–Kier alpha value is -5.44. The van der Waals surface area contributed by atoms with E-state index in [0.29, 0.717) is 54.0 Å². The molecule has 2 N–H and O–H groups in total. The molecule has 7 rings (SSSR count). The van der Waals surface area contributed by atoms with E-state index in [9.17, 15) is 13.2 Å². The fraction of sp³-hybridized carbons (Fsp3) is 0.422. The van der Waals surface area contributed by atoms with E-state index in [1.165, 1.54) is 29.1 Å². The summed E-state index contributed by atoms with van der Waals surface area (Å²) in [6.07, 6.45) is 3.49. The van der Waals surface area contributed by atoms with Crippen LogP contribution in [0.4, 0.5) is 19.0 Å². The minimum atomic E-state index is -3.67. The molecular weight excluding hydrogens is 794 g/mol. The fourth-order valence-corrected chi connectivity index (χ4v) is 10.3. The number of H-pyrrole nitrogens is 1. The third-order valence-corrected chi connectivity index (χ3v) is 14.0. The van der Waals surface area contributed by atoms with Crippen molar-refractivity contribution in [1.29, 1.82) is 0 Å². The molecule has 6 aromatic rings. The fourth-order valence-electron chi connectivity index (χ4n) is 8.34. The average molecular weight is 845 g/mol. The van der Waals surface area contributed by atoms with Crippen LogP contribution >= 0.6 is 0 Å². The number of carbonyl (C=O) groups is 1. The lowest BCUT2D eigenvalue weighted by molar-refractivity contribution is -0.119. The lowest BCUT2D eigenvalue weighted by Crippen LogP contribution is -2.29. The summed E-state index contributed by atoms with van der Waals surface area (Å²) in [5, 5.41) is 12.1. The third-order valence-electron chi connectivity index (χ3n) is 11.9. The van der Waals surface area contributed by atoms with Crippen molar-refractivity contribution in [2.75, 3.05) is 23.4 Å². The Morgan fingerprint density at radius 1 is 1.02 bits per heavy atom. The predicted octanol–water partition coefficient (Wildman–Crippen LogP) is 8.90. The number of anilines is 1. The van der Waals surface area contributed by atoms with Crippen LogP contribution in [0.3, 0.4) is 0 Å². The number of fused-ring (bicyclic) bond motifs is 8. The molecule has 15 heteroatoms. The number of sulfone groups is 1. The second-order valence-corrected chi connectivity index (χ2v) is 19.4. The highest BCUT2D eigenvalue weighted by atomic mass is 32.2. The van der Waals surface area contributed by atoms with Gasteiger partial charge in [-0.15, -0.1) is 0 Å². The molecule has 0 aliphatic carbocycles. The van der Waals surface area contributed by atoms with Crippen LogP contribution in [0.1, 0.15) is 86.4 Å². The second-order valence-electron chi connectivity index (χ2n) is 17.2. The van der Waals surface area contributed by atoms with Gasteiger partial charge in [-0.3, -0.25) is 4.79 Å². The summed E-state index contributed by atoms with van der Waals surface area (Å²) in [5.74, 6) is -1.62. The monoisotopic (exact) mass is 844 g/mol. The van der Waals surface area contributed by atoms with Crippen molar-refractivity contribution < 1.29 is 35.6 Å². The number of aryl methyl sites for hydroxylation is 3. The first-order valence-electron chi connectivity index (χ1n) is 20.2. The van der Waals surface area contributed by atoms with Crippen LogP contribution < -0.4 is 10.1 Å². The van der Waals surface area contributed by atoms with E-state index in [4.69, 9.17) is 19.3 Å². The Bertz CT molecular complexity index is 2690. The quantitative estimate of drug-likeness (QED) is 0.175. The maximum absolute atomic E-state index is 15.7. The Morgan fingerprint density at radius 2 is 1.80 bits per heavy atom. The number of ether oxygens (including phenoxy) is 1. The number of hydrogen-bond donors (Lipinski definition) is 2. The molecule has 11 nitrogen and oxygen atoms in total. The number of amides is 1. The highest BCUT2D eigenvalue weighted by Gasteiger charge is 2.36. The Labute approximate surface area is 348 Å². The van der Waals surface area contributed by atoms with Gasteiger partial charge in [-0.2, -0.15) is 5.10 Å². The first kappa shape index (κ1) is 42.7. The average Bonchev–Trinajstić information content (AvgIpc) is 3.92. The van der Waals surface area contributed by atoms with Gasteiger partial charge < -0.3 is 19.6 Å². The van der Waals surface area contributed by atoms with Gasteiger partial charge in [-0.25, -0.2) is 31.3 Å². The van der Waals surface area contributed by atoms with Gasteiger partial charge in [0, 0.05) is 36.5 Å². The Morgan fingerprint density at radius 3 is 2.55 bits per heavy atom. The number of hydrogen-bond acceptors (Lipinski definition) is 8. The minimum Gasteiger partial charge on any atom is -0.493 e. The van der Waals surface area contributed by atoms with E-state index < -0.39 is 44.0 Å². The number of aromatic amines is 1. The SMILES string of the molecule is Cc1onc(NC(=O)[C@H](C)Cc2cccc([C@@]3(C)CCCC(C)(C)CS(=O)(=O)CCc4c(c(F)c(F)c5[nH]ccc45)CCOc4ccc(F)c(c4)-c4nc3nn4C)c2)c1C. The van der Waals surface area contributed by atoms with Crippen molar-refractivity contribution in [1.82, 2.24) is 24.9 Å². The minimum absolute atomic E-state index is 0.0137. The van der Waals surface area contributed by atoms with Crippen molar-refractivity contribution in [2.24, 2.45) is 18.4 Å². The standard InChI is InChI=1S/C45H51F3N6O5S/c1-26(42(55)50-40-27(2)28(3)59-53-40)22-29-10-8-11-30(23-29)45(6)18-9-17-44(4,5)25-60(56,57)21-16-32-33(37(47)38(48)39-34(32)14-19-49-39)15-20-58-31-12-13-36(46)35(24-31)41-51-43(45)52-54(41)7/h8,10-14,19,23-24,26,49H,9,15-18,20-22,25H2,1-7H3,(H,50,53,55)/t26-,45-/m1/s1. The van der Waals surface area contributed by atoms with Crippen LogP contribution in [-0.2, 0) is 46.4 Å². The van der Waals surface area contributed by atoms with Crippen LogP contribution in [0.5, 0.6) is 5.75 Å². The molecule has 2 atom stereocenters. The number of nitrogens with zero attached hydrogens (tertiary/aromatic N) is 4. The number of aromatic nitrogens is 5. The van der Waals surface area contributed by atoms with E-state index in [0.717, 1.165) is 16.7 Å². The largest absolute Gasteiger partial charge is 0.493 e. The summed E-state index contributed by atoms with van der Waals surface area (Å²) in [6.45, 7) is 11.2. The molecule has 4 heterocycles. The van der Waals surface area contributed by atoms with Gasteiger partial charge in [-0.1, -0.05) is 56.6 Å². The predicted molar refractivity (Wildman–Crippen MR) is 224 cm³/mol. The molecule has 0 spiro atoms. The van der Waals surface area contributed by atoms with Gasteiger partial charge in [0.1, 0.15) is 17.3 Å². The summed E-state index contributed by atoms with van der Waals surface area (Å²) in [7, 11) is -1.98. The molecule has 3 aromatic heterocycles. The van der Waals surface area contributed by atoms with Gasteiger partial charge in [0.25, 0.3) is 0 Å². The van der Waals surface area contributed by atoms with Crippen molar-refractivity contribution in [2.45, 2.75) is 85.5 Å². The van der Waals surface area contributed by atoms with Gasteiger partial charge in [0.2, 0.25) is 5.91 Å².